The first kappa shape index (κ1) is 12.9. The van der Waals surface area contributed by atoms with Crippen LogP contribution < -0.4 is 5.73 Å². The van der Waals surface area contributed by atoms with Crippen molar-refractivity contribution < 1.29 is 4.79 Å². The number of nitrogen functional groups attached to an aromatic ring is 1. The van der Waals surface area contributed by atoms with Crippen LogP contribution in [0, 0.1) is 6.92 Å². The molecule has 0 aromatic carbocycles. The predicted octanol–water partition coefficient (Wildman–Crippen LogP) is 2.38. The number of rotatable bonds is 1. The lowest BCUT2D eigenvalue weighted by atomic mass is 10.1. The number of carbonyl (C=O) groups excluding carboxylic acids is 1. The lowest BCUT2D eigenvalue weighted by molar-refractivity contribution is 0.0696. The van der Waals surface area contributed by atoms with Gasteiger partial charge in [-0.15, -0.1) is 0 Å². The quantitative estimate of drug-likeness (QED) is 0.828. The van der Waals surface area contributed by atoms with E-state index in [1.807, 2.05) is 11.8 Å². The minimum Gasteiger partial charge on any atom is -0.397 e. The summed E-state index contributed by atoms with van der Waals surface area (Å²) in [4.78, 5) is 18.7. The van der Waals surface area contributed by atoms with Crippen molar-refractivity contribution in [1.82, 2.24) is 9.88 Å². The highest BCUT2D eigenvalue weighted by molar-refractivity contribution is 5.96. The van der Waals surface area contributed by atoms with Gasteiger partial charge in [-0.1, -0.05) is 12.8 Å². The van der Waals surface area contributed by atoms with Crippen molar-refractivity contribution in [2.75, 3.05) is 12.3 Å². The summed E-state index contributed by atoms with van der Waals surface area (Å²) in [6.45, 7) is 4.82. The fraction of sp³-hybridized carbons (Fsp3) is 0.571. The van der Waals surface area contributed by atoms with Gasteiger partial charge in [0.25, 0.3) is 5.91 Å². The standard InChI is InChI=1S/C14H21N3O/c1-10-6-4-3-5-7-17(10)14(18)13-8-12(15)9-16-11(13)2/h8-10H,3-7,15H2,1-2H3. The van der Waals surface area contributed by atoms with Gasteiger partial charge >= 0.3 is 0 Å². The molecule has 2 heterocycles. The van der Waals surface area contributed by atoms with Gasteiger partial charge in [0.1, 0.15) is 0 Å². The summed E-state index contributed by atoms with van der Waals surface area (Å²) in [5.41, 5.74) is 7.67. The average molecular weight is 247 g/mol. The number of likely N-dealkylation sites (tertiary alicyclic amines) is 1. The SMILES string of the molecule is Cc1ncc(N)cc1C(=O)N1CCCCCC1C. The molecule has 1 saturated heterocycles. The number of anilines is 1. The Labute approximate surface area is 108 Å². The molecule has 2 N–H and O–H groups in total. The van der Waals surface area contributed by atoms with Crippen LogP contribution in [0.1, 0.15) is 48.7 Å². The number of hydrogen-bond acceptors (Lipinski definition) is 3. The molecule has 1 aliphatic rings. The van der Waals surface area contributed by atoms with Crippen molar-refractivity contribution in [1.29, 1.82) is 0 Å². The average Bonchev–Trinajstić information content (AvgIpc) is 2.56. The molecular formula is C14H21N3O. The van der Waals surface area contributed by atoms with E-state index in [2.05, 4.69) is 11.9 Å². The van der Waals surface area contributed by atoms with Gasteiger partial charge in [-0.05, 0) is 32.8 Å². The van der Waals surface area contributed by atoms with Crippen molar-refractivity contribution in [3.8, 4) is 0 Å². The summed E-state index contributed by atoms with van der Waals surface area (Å²) in [7, 11) is 0. The van der Waals surface area contributed by atoms with Crippen LogP contribution in [0.3, 0.4) is 0 Å². The Kier molecular flexibility index (Phi) is 3.84. The van der Waals surface area contributed by atoms with Crippen molar-refractivity contribution in [2.45, 2.75) is 45.6 Å². The van der Waals surface area contributed by atoms with E-state index in [0.717, 1.165) is 25.1 Å². The third-order valence-electron chi connectivity index (χ3n) is 3.65. The molecule has 18 heavy (non-hydrogen) atoms. The second-order valence-electron chi connectivity index (χ2n) is 5.10. The minimum atomic E-state index is 0.0710. The lowest BCUT2D eigenvalue weighted by Gasteiger charge is -2.27. The van der Waals surface area contributed by atoms with E-state index in [1.54, 1.807) is 12.3 Å². The van der Waals surface area contributed by atoms with Crippen LogP contribution in [-0.4, -0.2) is 28.4 Å². The summed E-state index contributed by atoms with van der Waals surface area (Å²) in [5.74, 6) is 0.0710. The Morgan fingerprint density at radius 1 is 1.44 bits per heavy atom. The zero-order chi connectivity index (χ0) is 13.1. The summed E-state index contributed by atoms with van der Waals surface area (Å²) in [5, 5.41) is 0. The van der Waals surface area contributed by atoms with Gasteiger partial charge in [-0.3, -0.25) is 9.78 Å². The van der Waals surface area contributed by atoms with E-state index in [0.29, 0.717) is 17.3 Å². The molecule has 4 nitrogen and oxygen atoms in total. The maximum atomic E-state index is 12.6. The number of nitrogens with zero attached hydrogens (tertiary/aromatic N) is 2. The third-order valence-corrected chi connectivity index (χ3v) is 3.65. The van der Waals surface area contributed by atoms with Gasteiger partial charge in [0.05, 0.1) is 23.1 Å². The Morgan fingerprint density at radius 3 is 3.00 bits per heavy atom. The summed E-state index contributed by atoms with van der Waals surface area (Å²) in [6.07, 6.45) is 6.19. The summed E-state index contributed by atoms with van der Waals surface area (Å²) >= 11 is 0. The third kappa shape index (κ3) is 2.63. The van der Waals surface area contributed by atoms with Crippen LogP contribution in [0.25, 0.3) is 0 Å². The van der Waals surface area contributed by atoms with Crippen LogP contribution in [0.5, 0.6) is 0 Å². The van der Waals surface area contributed by atoms with Crippen molar-refractivity contribution in [3.05, 3.63) is 23.5 Å². The van der Waals surface area contributed by atoms with E-state index < -0.39 is 0 Å². The summed E-state index contributed by atoms with van der Waals surface area (Å²) in [6, 6.07) is 2.04. The van der Waals surface area contributed by atoms with Gasteiger partial charge in [-0.2, -0.15) is 0 Å². The monoisotopic (exact) mass is 247 g/mol. The fourth-order valence-corrected chi connectivity index (χ4v) is 2.50. The molecular weight excluding hydrogens is 226 g/mol. The molecule has 1 aromatic heterocycles. The number of carbonyl (C=O) groups is 1. The number of aryl methyl sites for hydroxylation is 1. The van der Waals surface area contributed by atoms with Crippen LogP contribution >= 0.6 is 0 Å². The molecule has 1 aromatic rings. The Balaban J connectivity index is 2.26. The number of hydrogen-bond donors (Lipinski definition) is 1. The number of amides is 1. The highest BCUT2D eigenvalue weighted by Gasteiger charge is 2.24. The number of nitrogens with two attached hydrogens (primary N) is 1. The van der Waals surface area contributed by atoms with E-state index in [4.69, 9.17) is 5.73 Å². The van der Waals surface area contributed by atoms with E-state index in [9.17, 15) is 4.79 Å². The van der Waals surface area contributed by atoms with E-state index in [1.165, 1.54) is 12.8 Å². The van der Waals surface area contributed by atoms with Crippen molar-refractivity contribution >= 4 is 11.6 Å². The second-order valence-corrected chi connectivity index (χ2v) is 5.10. The molecule has 1 atom stereocenters. The number of aromatic nitrogens is 1. The van der Waals surface area contributed by atoms with Crippen molar-refractivity contribution in [2.24, 2.45) is 0 Å². The molecule has 98 valence electrons. The predicted molar refractivity (Wildman–Crippen MR) is 72.4 cm³/mol. The molecule has 0 aliphatic carbocycles. The van der Waals surface area contributed by atoms with Gasteiger partial charge in [0.2, 0.25) is 0 Å². The summed E-state index contributed by atoms with van der Waals surface area (Å²) < 4.78 is 0. The number of pyridine rings is 1. The Morgan fingerprint density at radius 2 is 2.22 bits per heavy atom. The lowest BCUT2D eigenvalue weighted by Crippen LogP contribution is -2.38. The fourth-order valence-electron chi connectivity index (χ4n) is 2.50. The zero-order valence-electron chi connectivity index (χ0n) is 11.1. The van der Waals surface area contributed by atoms with E-state index >= 15 is 0 Å². The Hall–Kier alpha value is -1.58. The topological polar surface area (TPSA) is 59.2 Å². The normalized spacial score (nSPS) is 20.6. The first-order valence-corrected chi connectivity index (χ1v) is 6.62. The van der Waals surface area contributed by atoms with Crippen molar-refractivity contribution in [3.63, 3.8) is 0 Å². The van der Waals surface area contributed by atoms with Crippen LogP contribution in [0.4, 0.5) is 5.69 Å². The molecule has 0 radical (unpaired) electrons. The van der Waals surface area contributed by atoms with E-state index in [-0.39, 0.29) is 5.91 Å². The van der Waals surface area contributed by atoms with Crippen LogP contribution in [0.2, 0.25) is 0 Å². The molecule has 1 fully saturated rings. The van der Waals surface area contributed by atoms with Gasteiger partial charge in [0.15, 0.2) is 0 Å². The molecule has 0 bridgehead atoms. The largest absolute Gasteiger partial charge is 0.397 e. The molecule has 1 amide bonds. The highest BCUT2D eigenvalue weighted by atomic mass is 16.2. The van der Waals surface area contributed by atoms with Crippen LogP contribution in [0.15, 0.2) is 12.3 Å². The molecule has 2 rings (SSSR count). The molecule has 1 aliphatic heterocycles. The first-order chi connectivity index (χ1) is 8.59. The van der Waals surface area contributed by atoms with Crippen LogP contribution in [-0.2, 0) is 0 Å². The maximum absolute atomic E-state index is 12.6. The molecule has 4 heteroatoms. The maximum Gasteiger partial charge on any atom is 0.256 e. The minimum absolute atomic E-state index is 0.0710. The second kappa shape index (κ2) is 5.38. The molecule has 0 saturated carbocycles. The molecule has 1 unspecified atom stereocenters. The first-order valence-electron chi connectivity index (χ1n) is 6.62. The molecule has 0 spiro atoms. The van der Waals surface area contributed by atoms with Gasteiger partial charge < -0.3 is 10.6 Å². The highest BCUT2D eigenvalue weighted by Crippen LogP contribution is 2.20. The zero-order valence-corrected chi connectivity index (χ0v) is 11.1. The van der Waals surface area contributed by atoms with Gasteiger partial charge in [-0.25, -0.2) is 0 Å². The smallest absolute Gasteiger partial charge is 0.256 e. The Bertz CT molecular complexity index is 445. The van der Waals surface area contributed by atoms with Gasteiger partial charge in [0, 0.05) is 12.6 Å².